The van der Waals surface area contributed by atoms with Gasteiger partial charge in [0.1, 0.15) is 11.4 Å². The summed E-state index contributed by atoms with van der Waals surface area (Å²) in [5, 5.41) is 0. The van der Waals surface area contributed by atoms with Crippen molar-refractivity contribution in [2.24, 2.45) is 0 Å². The Balaban J connectivity index is 1.58. The zero-order chi connectivity index (χ0) is 18.9. The highest BCUT2D eigenvalue weighted by atomic mass is 32.2. The first-order valence-electron chi connectivity index (χ1n) is 8.90. The van der Waals surface area contributed by atoms with Gasteiger partial charge in [0.15, 0.2) is 0 Å². The molecule has 0 radical (unpaired) electrons. The first-order valence-corrected chi connectivity index (χ1v) is 10.4. The van der Waals surface area contributed by atoms with Crippen LogP contribution in [-0.4, -0.2) is 50.8 Å². The molecule has 1 saturated heterocycles. The van der Waals surface area contributed by atoms with Gasteiger partial charge in [-0.2, -0.15) is 0 Å². The minimum absolute atomic E-state index is 0.191. The maximum Gasteiger partial charge on any atom is 0.410 e. The zero-order valence-electron chi connectivity index (χ0n) is 15.4. The molecule has 1 aromatic carbocycles. The number of likely N-dealkylation sites (tertiary alicyclic amines) is 1. The molecule has 0 spiro atoms. The summed E-state index contributed by atoms with van der Waals surface area (Å²) in [5.41, 5.74) is 0.389. The van der Waals surface area contributed by atoms with Gasteiger partial charge >= 0.3 is 6.09 Å². The summed E-state index contributed by atoms with van der Waals surface area (Å²) >= 11 is 0. The van der Waals surface area contributed by atoms with Crippen molar-refractivity contribution in [3.8, 4) is 5.75 Å². The topological polar surface area (TPSA) is 84.9 Å². The molecule has 1 fully saturated rings. The van der Waals surface area contributed by atoms with Crippen molar-refractivity contribution in [3.63, 3.8) is 0 Å². The Morgan fingerprint density at radius 3 is 2.62 bits per heavy atom. The number of rotatable bonds is 3. The number of sulfonamides is 1. The van der Waals surface area contributed by atoms with Gasteiger partial charge in [-0.05, 0) is 57.4 Å². The lowest BCUT2D eigenvalue weighted by Gasteiger charge is -2.33. The Bertz CT molecular complexity index is 777. The number of amides is 1. The van der Waals surface area contributed by atoms with Gasteiger partial charge in [-0.3, -0.25) is 0 Å². The summed E-state index contributed by atoms with van der Waals surface area (Å²) in [7, 11) is -3.59. The molecule has 0 aromatic heterocycles. The second-order valence-electron chi connectivity index (χ2n) is 7.73. The SMILES string of the molecule is CC(C)(C)OC(=O)N1CCC(NS(=O)(=O)c2ccc3c(c2)CCO3)CC1. The van der Waals surface area contributed by atoms with Crippen molar-refractivity contribution in [2.45, 2.75) is 56.6 Å². The molecule has 3 rings (SSSR count). The average molecular weight is 382 g/mol. The van der Waals surface area contributed by atoms with E-state index in [9.17, 15) is 13.2 Å². The first kappa shape index (κ1) is 19.0. The van der Waals surface area contributed by atoms with Crippen LogP contribution in [0.1, 0.15) is 39.2 Å². The molecule has 1 N–H and O–H groups in total. The number of hydrogen-bond donors (Lipinski definition) is 1. The molecule has 1 aromatic rings. The Morgan fingerprint density at radius 1 is 1.27 bits per heavy atom. The van der Waals surface area contributed by atoms with Gasteiger partial charge in [0.2, 0.25) is 10.0 Å². The third-order valence-electron chi connectivity index (χ3n) is 4.44. The average Bonchev–Trinajstić information content (AvgIpc) is 3.01. The number of fused-ring (bicyclic) bond motifs is 1. The number of carbonyl (C=O) groups is 1. The van der Waals surface area contributed by atoms with E-state index in [0.29, 0.717) is 32.5 Å². The van der Waals surface area contributed by atoms with E-state index >= 15 is 0 Å². The van der Waals surface area contributed by atoms with Crippen LogP contribution in [0.3, 0.4) is 0 Å². The molecule has 2 aliphatic heterocycles. The Hall–Kier alpha value is -1.80. The van der Waals surface area contributed by atoms with Crippen LogP contribution in [0.25, 0.3) is 0 Å². The van der Waals surface area contributed by atoms with E-state index in [2.05, 4.69) is 4.72 Å². The summed E-state index contributed by atoms with van der Waals surface area (Å²) in [5.74, 6) is 0.759. The highest BCUT2D eigenvalue weighted by molar-refractivity contribution is 7.89. The van der Waals surface area contributed by atoms with Gasteiger partial charge in [0.25, 0.3) is 0 Å². The minimum Gasteiger partial charge on any atom is -0.493 e. The number of ether oxygens (including phenoxy) is 2. The largest absolute Gasteiger partial charge is 0.493 e. The number of carbonyl (C=O) groups excluding carboxylic acids is 1. The number of nitrogens with zero attached hydrogens (tertiary/aromatic N) is 1. The van der Waals surface area contributed by atoms with Crippen LogP contribution in [-0.2, 0) is 21.2 Å². The molecule has 2 aliphatic rings. The van der Waals surface area contributed by atoms with Crippen molar-refractivity contribution in [2.75, 3.05) is 19.7 Å². The molecule has 0 unspecified atom stereocenters. The third-order valence-corrected chi connectivity index (χ3v) is 5.96. The quantitative estimate of drug-likeness (QED) is 0.867. The van der Waals surface area contributed by atoms with E-state index in [1.54, 1.807) is 23.1 Å². The fraction of sp³-hybridized carbons (Fsp3) is 0.611. The van der Waals surface area contributed by atoms with Crippen LogP contribution in [0.15, 0.2) is 23.1 Å². The second kappa shape index (κ2) is 7.08. The number of nitrogens with one attached hydrogen (secondary N) is 1. The fourth-order valence-electron chi connectivity index (χ4n) is 3.12. The van der Waals surface area contributed by atoms with Crippen LogP contribution in [0.4, 0.5) is 4.79 Å². The number of hydrogen-bond acceptors (Lipinski definition) is 5. The van der Waals surface area contributed by atoms with Crippen molar-refractivity contribution in [1.82, 2.24) is 9.62 Å². The molecular formula is C18H26N2O5S. The molecule has 0 aliphatic carbocycles. The second-order valence-corrected chi connectivity index (χ2v) is 9.44. The molecule has 144 valence electrons. The molecule has 8 heteroatoms. The van der Waals surface area contributed by atoms with E-state index < -0.39 is 15.6 Å². The van der Waals surface area contributed by atoms with E-state index in [0.717, 1.165) is 17.7 Å². The highest BCUT2D eigenvalue weighted by Crippen LogP contribution is 2.28. The highest BCUT2D eigenvalue weighted by Gasteiger charge is 2.29. The molecule has 2 heterocycles. The van der Waals surface area contributed by atoms with Gasteiger partial charge in [0.05, 0.1) is 11.5 Å². The van der Waals surface area contributed by atoms with E-state index in [1.807, 2.05) is 20.8 Å². The predicted octanol–water partition coefficient (Wildman–Crippen LogP) is 2.30. The van der Waals surface area contributed by atoms with Crippen LogP contribution < -0.4 is 9.46 Å². The maximum atomic E-state index is 12.6. The maximum absolute atomic E-state index is 12.6. The summed E-state index contributed by atoms with van der Waals surface area (Å²) in [6.07, 6.45) is 1.50. The van der Waals surface area contributed by atoms with Crippen molar-refractivity contribution < 1.29 is 22.7 Å². The Kier molecular flexibility index (Phi) is 5.16. The molecule has 0 saturated carbocycles. The standard InChI is InChI=1S/C18H26N2O5S/c1-18(2,3)25-17(21)20-9-6-14(7-10-20)19-26(22,23)15-4-5-16-13(12-15)8-11-24-16/h4-5,12,14,19H,6-11H2,1-3H3. The summed E-state index contributed by atoms with van der Waals surface area (Å²) in [4.78, 5) is 14.0. The van der Waals surface area contributed by atoms with Crippen molar-refractivity contribution in [3.05, 3.63) is 23.8 Å². The van der Waals surface area contributed by atoms with Crippen LogP contribution >= 0.6 is 0 Å². The van der Waals surface area contributed by atoms with Gasteiger partial charge in [0, 0.05) is 25.6 Å². The summed E-state index contributed by atoms with van der Waals surface area (Å²) in [6.45, 7) is 7.02. The van der Waals surface area contributed by atoms with Crippen LogP contribution in [0.5, 0.6) is 5.75 Å². The monoisotopic (exact) mass is 382 g/mol. The van der Waals surface area contributed by atoms with Crippen molar-refractivity contribution >= 4 is 16.1 Å². The van der Waals surface area contributed by atoms with Crippen molar-refractivity contribution in [1.29, 1.82) is 0 Å². The number of piperidine rings is 1. The number of benzene rings is 1. The summed E-state index contributed by atoms with van der Waals surface area (Å²) < 4.78 is 38.8. The molecule has 26 heavy (non-hydrogen) atoms. The molecule has 7 nitrogen and oxygen atoms in total. The van der Waals surface area contributed by atoms with Gasteiger partial charge in [-0.25, -0.2) is 17.9 Å². The zero-order valence-corrected chi connectivity index (χ0v) is 16.3. The first-order chi connectivity index (χ1) is 12.1. The summed E-state index contributed by atoms with van der Waals surface area (Å²) in [6, 6.07) is 4.77. The van der Waals surface area contributed by atoms with Crippen LogP contribution in [0.2, 0.25) is 0 Å². The smallest absolute Gasteiger partial charge is 0.410 e. The van der Waals surface area contributed by atoms with E-state index in [-0.39, 0.29) is 17.0 Å². The lowest BCUT2D eigenvalue weighted by atomic mass is 10.1. The van der Waals surface area contributed by atoms with Gasteiger partial charge in [-0.15, -0.1) is 0 Å². The third kappa shape index (κ3) is 4.48. The normalized spacial score (nSPS) is 18.3. The Morgan fingerprint density at radius 2 is 1.96 bits per heavy atom. The van der Waals surface area contributed by atoms with E-state index in [1.165, 1.54) is 0 Å². The van der Waals surface area contributed by atoms with Gasteiger partial charge < -0.3 is 14.4 Å². The molecular weight excluding hydrogens is 356 g/mol. The molecule has 1 amide bonds. The van der Waals surface area contributed by atoms with Gasteiger partial charge in [-0.1, -0.05) is 0 Å². The Labute approximate surface area is 154 Å². The fourth-order valence-corrected chi connectivity index (χ4v) is 4.48. The lowest BCUT2D eigenvalue weighted by Crippen LogP contribution is -2.47. The lowest BCUT2D eigenvalue weighted by molar-refractivity contribution is 0.0203. The molecule has 0 bridgehead atoms. The van der Waals surface area contributed by atoms with Crippen LogP contribution in [0, 0.1) is 0 Å². The van der Waals surface area contributed by atoms with E-state index in [4.69, 9.17) is 9.47 Å². The minimum atomic E-state index is -3.59. The predicted molar refractivity (Wildman–Crippen MR) is 96.8 cm³/mol. The molecule has 0 atom stereocenters.